The standard InChI is InChI=1S/C18H22ClN3O/c1-14-12-22(17-5-3-4-6-18(17)23-2)10-9-21(14)13-15-7-8-20-11-16(15)19/h3-8,11,14H,9-10,12-13H2,1-2H3. The SMILES string of the molecule is COc1ccccc1N1CCN(Cc2ccncc2Cl)C(C)C1. The summed E-state index contributed by atoms with van der Waals surface area (Å²) in [6, 6.07) is 10.7. The number of piperazine rings is 1. The zero-order chi connectivity index (χ0) is 16.2. The highest BCUT2D eigenvalue weighted by Crippen LogP contribution is 2.30. The number of anilines is 1. The lowest BCUT2D eigenvalue weighted by atomic mass is 10.1. The van der Waals surface area contributed by atoms with E-state index in [1.165, 1.54) is 5.69 Å². The number of aromatic nitrogens is 1. The van der Waals surface area contributed by atoms with E-state index in [2.05, 4.69) is 33.8 Å². The van der Waals surface area contributed by atoms with Gasteiger partial charge < -0.3 is 9.64 Å². The van der Waals surface area contributed by atoms with Crippen LogP contribution in [0.25, 0.3) is 0 Å². The predicted molar refractivity (Wildman–Crippen MR) is 94.3 cm³/mol. The van der Waals surface area contributed by atoms with Crippen LogP contribution in [0.5, 0.6) is 5.75 Å². The van der Waals surface area contributed by atoms with E-state index in [1.807, 2.05) is 18.2 Å². The molecule has 2 heterocycles. The van der Waals surface area contributed by atoms with Gasteiger partial charge in [0.1, 0.15) is 5.75 Å². The van der Waals surface area contributed by atoms with E-state index in [0.29, 0.717) is 6.04 Å². The Morgan fingerprint density at radius 2 is 2.09 bits per heavy atom. The van der Waals surface area contributed by atoms with Gasteiger partial charge in [-0.3, -0.25) is 9.88 Å². The minimum atomic E-state index is 0.442. The molecule has 3 rings (SSSR count). The summed E-state index contributed by atoms with van der Waals surface area (Å²) >= 11 is 6.24. The molecule has 1 aromatic heterocycles. The van der Waals surface area contributed by atoms with E-state index in [0.717, 1.165) is 42.5 Å². The maximum absolute atomic E-state index is 6.24. The van der Waals surface area contributed by atoms with Crippen molar-refractivity contribution in [1.82, 2.24) is 9.88 Å². The molecule has 23 heavy (non-hydrogen) atoms. The van der Waals surface area contributed by atoms with Crippen LogP contribution in [-0.2, 0) is 6.54 Å². The number of ether oxygens (including phenoxy) is 1. The highest BCUT2D eigenvalue weighted by atomic mass is 35.5. The summed E-state index contributed by atoms with van der Waals surface area (Å²) in [4.78, 5) is 8.92. The van der Waals surface area contributed by atoms with Crippen LogP contribution in [-0.4, -0.2) is 42.7 Å². The van der Waals surface area contributed by atoms with Crippen molar-refractivity contribution in [1.29, 1.82) is 0 Å². The topological polar surface area (TPSA) is 28.6 Å². The number of methoxy groups -OCH3 is 1. The first-order valence-corrected chi connectivity index (χ1v) is 8.27. The Hall–Kier alpha value is -1.78. The molecule has 4 nitrogen and oxygen atoms in total. The average molecular weight is 332 g/mol. The van der Waals surface area contributed by atoms with Gasteiger partial charge in [0.2, 0.25) is 0 Å². The van der Waals surface area contributed by atoms with Crippen molar-refractivity contribution in [2.75, 3.05) is 31.6 Å². The van der Waals surface area contributed by atoms with Crippen LogP contribution in [0.1, 0.15) is 12.5 Å². The van der Waals surface area contributed by atoms with E-state index in [1.54, 1.807) is 19.5 Å². The molecular formula is C18H22ClN3O. The molecule has 1 aliphatic rings. The molecule has 0 bridgehead atoms. The maximum Gasteiger partial charge on any atom is 0.142 e. The van der Waals surface area contributed by atoms with E-state index in [-0.39, 0.29) is 0 Å². The molecule has 1 aromatic carbocycles. The Labute approximate surface area is 142 Å². The van der Waals surface area contributed by atoms with Gasteiger partial charge in [0.15, 0.2) is 0 Å². The Morgan fingerprint density at radius 3 is 2.83 bits per heavy atom. The van der Waals surface area contributed by atoms with E-state index in [4.69, 9.17) is 16.3 Å². The summed E-state index contributed by atoms with van der Waals surface area (Å²) in [5.41, 5.74) is 2.31. The van der Waals surface area contributed by atoms with Gasteiger partial charge in [-0.05, 0) is 30.7 Å². The van der Waals surface area contributed by atoms with Crippen molar-refractivity contribution in [2.24, 2.45) is 0 Å². The van der Waals surface area contributed by atoms with Crippen LogP contribution in [0.4, 0.5) is 5.69 Å². The Bertz CT molecular complexity index is 664. The molecule has 1 aliphatic heterocycles. The van der Waals surface area contributed by atoms with Crippen molar-refractivity contribution in [3.8, 4) is 5.75 Å². The molecule has 1 saturated heterocycles. The molecule has 5 heteroatoms. The molecule has 2 aromatic rings. The van der Waals surface area contributed by atoms with E-state index >= 15 is 0 Å². The fourth-order valence-corrected chi connectivity index (χ4v) is 3.27. The second kappa shape index (κ2) is 7.20. The minimum Gasteiger partial charge on any atom is -0.495 e. The molecule has 0 aliphatic carbocycles. The smallest absolute Gasteiger partial charge is 0.142 e. The van der Waals surface area contributed by atoms with Crippen molar-refractivity contribution in [2.45, 2.75) is 19.5 Å². The van der Waals surface area contributed by atoms with Crippen LogP contribution in [0.15, 0.2) is 42.7 Å². The highest BCUT2D eigenvalue weighted by Gasteiger charge is 2.25. The fraction of sp³-hybridized carbons (Fsp3) is 0.389. The first-order chi connectivity index (χ1) is 11.2. The normalized spacial score (nSPS) is 18.9. The largest absolute Gasteiger partial charge is 0.495 e. The van der Waals surface area contributed by atoms with Gasteiger partial charge in [0, 0.05) is 44.6 Å². The molecule has 1 fully saturated rings. The molecule has 0 N–H and O–H groups in total. The summed E-state index contributed by atoms with van der Waals surface area (Å²) in [6.07, 6.45) is 3.52. The van der Waals surface area contributed by atoms with Crippen LogP contribution < -0.4 is 9.64 Å². The van der Waals surface area contributed by atoms with Gasteiger partial charge in [0.25, 0.3) is 0 Å². The highest BCUT2D eigenvalue weighted by molar-refractivity contribution is 6.31. The van der Waals surface area contributed by atoms with Crippen LogP contribution in [0.2, 0.25) is 5.02 Å². The van der Waals surface area contributed by atoms with Crippen LogP contribution >= 0.6 is 11.6 Å². The van der Waals surface area contributed by atoms with Gasteiger partial charge in [0.05, 0.1) is 17.8 Å². The Balaban J connectivity index is 1.69. The number of para-hydroxylation sites is 2. The van der Waals surface area contributed by atoms with Gasteiger partial charge in [-0.25, -0.2) is 0 Å². The minimum absolute atomic E-state index is 0.442. The summed E-state index contributed by atoms with van der Waals surface area (Å²) in [5.74, 6) is 0.935. The second-order valence-electron chi connectivity index (χ2n) is 5.90. The molecule has 0 amide bonds. The molecular weight excluding hydrogens is 310 g/mol. The van der Waals surface area contributed by atoms with Crippen molar-refractivity contribution < 1.29 is 4.74 Å². The monoisotopic (exact) mass is 331 g/mol. The van der Waals surface area contributed by atoms with Gasteiger partial charge in [-0.2, -0.15) is 0 Å². The molecule has 0 saturated carbocycles. The van der Waals surface area contributed by atoms with Crippen molar-refractivity contribution >= 4 is 17.3 Å². The first kappa shape index (κ1) is 16.1. The zero-order valence-electron chi connectivity index (χ0n) is 13.6. The fourth-order valence-electron chi connectivity index (χ4n) is 3.09. The summed E-state index contributed by atoms with van der Waals surface area (Å²) in [5, 5.41) is 0.742. The van der Waals surface area contributed by atoms with Gasteiger partial charge >= 0.3 is 0 Å². The number of hydrogen-bond donors (Lipinski definition) is 0. The predicted octanol–water partition coefficient (Wildman–Crippen LogP) is 3.45. The lowest BCUT2D eigenvalue weighted by molar-refractivity contribution is 0.180. The Kier molecular flexibility index (Phi) is 5.03. The van der Waals surface area contributed by atoms with E-state index < -0.39 is 0 Å². The molecule has 1 atom stereocenters. The summed E-state index contributed by atoms with van der Waals surface area (Å²) < 4.78 is 5.49. The zero-order valence-corrected chi connectivity index (χ0v) is 14.3. The summed E-state index contributed by atoms with van der Waals surface area (Å²) in [6.45, 7) is 6.08. The molecule has 122 valence electrons. The number of pyridine rings is 1. The van der Waals surface area contributed by atoms with Gasteiger partial charge in [-0.1, -0.05) is 23.7 Å². The number of halogens is 1. The first-order valence-electron chi connectivity index (χ1n) is 7.89. The van der Waals surface area contributed by atoms with E-state index in [9.17, 15) is 0 Å². The van der Waals surface area contributed by atoms with Crippen molar-refractivity contribution in [3.05, 3.63) is 53.3 Å². The van der Waals surface area contributed by atoms with Gasteiger partial charge in [-0.15, -0.1) is 0 Å². The quantitative estimate of drug-likeness (QED) is 0.858. The lowest BCUT2D eigenvalue weighted by Crippen LogP contribution is -2.51. The molecule has 1 unspecified atom stereocenters. The van der Waals surface area contributed by atoms with Crippen molar-refractivity contribution in [3.63, 3.8) is 0 Å². The third kappa shape index (κ3) is 3.59. The Morgan fingerprint density at radius 1 is 1.26 bits per heavy atom. The van der Waals surface area contributed by atoms with Crippen LogP contribution in [0, 0.1) is 0 Å². The third-order valence-corrected chi connectivity index (χ3v) is 4.76. The number of hydrogen-bond acceptors (Lipinski definition) is 4. The number of rotatable bonds is 4. The maximum atomic E-state index is 6.24. The molecule has 0 radical (unpaired) electrons. The number of nitrogens with zero attached hydrogens (tertiary/aromatic N) is 3. The lowest BCUT2D eigenvalue weighted by Gasteiger charge is -2.41. The molecule has 0 spiro atoms. The number of benzene rings is 1. The second-order valence-corrected chi connectivity index (χ2v) is 6.31. The van der Waals surface area contributed by atoms with Crippen LogP contribution in [0.3, 0.4) is 0 Å². The summed E-state index contributed by atoms with van der Waals surface area (Å²) in [7, 11) is 1.73. The third-order valence-electron chi connectivity index (χ3n) is 4.42. The average Bonchev–Trinajstić information content (AvgIpc) is 2.58.